The number of carbonyl (C=O) groups is 1. The number of Topliss-reactive ketones (excluding diaryl/α,β-unsaturated/α-hetero) is 1. The Balaban J connectivity index is 1.76. The van der Waals surface area contributed by atoms with E-state index in [-0.39, 0.29) is 5.78 Å². The second-order valence-corrected chi connectivity index (χ2v) is 10.1. The molecule has 34 heavy (non-hydrogen) atoms. The van der Waals surface area contributed by atoms with Gasteiger partial charge in [-0.1, -0.05) is 63.9 Å². The van der Waals surface area contributed by atoms with Crippen LogP contribution in [0.4, 0.5) is 0 Å². The summed E-state index contributed by atoms with van der Waals surface area (Å²) in [6, 6.07) is 26.7. The summed E-state index contributed by atoms with van der Waals surface area (Å²) in [5.41, 5.74) is 7.10. The highest BCUT2D eigenvalue weighted by molar-refractivity contribution is 9.10. The van der Waals surface area contributed by atoms with Gasteiger partial charge in [-0.15, -0.1) is 0 Å². The molecule has 0 bridgehead atoms. The molecule has 0 fully saturated rings. The summed E-state index contributed by atoms with van der Waals surface area (Å²) < 4.78 is 3.31. The van der Waals surface area contributed by atoms with E-state index in [1.807, 2.05) is 32.3 Å². The normalized spacial score (nSPS) is 11.2. The largest absolute Gasteiger partial charge is 0.309 e. The minimum Gasteiger partial charge on any atom is -0.309 e. The summed E-state index contributed by atoms with van der Waals surface area (Å²) in [7, 11) is 4.02. The molecule has 0 aliphatic rings. The van der Waals surface area contributed by atoms with Gasteiger partial charge in [0.2, 0.25) is 0 Å². The highest BCUT2D eigenvalue weighted by atomic mass is 79.9. The molecule has 4 aromatic rings. The molecule has 0 saturated carbocycles. The van der Waals surface area contributed by atoms with E-state index in [4.69, 9.17) is 11.6 Å². The van der Waals surface area contributed by atoms with Crippen LogP contribution in [-0.2, 0) is 0 Å². The molecule has 3 nitrogen and oxygen atoms in total. The first-order valence-corrected chi connectivity index (χ1v) is 12.5. The molecule has 0 unspecified atom stereocenters. The number of carbonyl (C=O) groups excluding carboxylic acids is 1. The van der Waals surface area contributed by atoms with E-state index in [9.17, 15) is 4.79 Å². The molecule has 0 saturated heterocycles. The van der Waals surface area contributed by atoms with Crippen LogP contribution in [0.1, 0.15) is 28.8 Å². The van der Waals surface area contributed by atoms with Gasteiger partial charge in [0, 0.05) is 27.7 Å². The van der Waals surface area contributed by atoms with Crippen molar-refractivity contribution < 1.29 is 4.79 Å². The van der Waals surface area contributed by atoms with Crippen LogP contribution in [0, 0.1) is 6.92 Å². The van der Waals surface area contributed by atoms with E-state index in [1.165, 1.54) is 5.56 Å². The van der Waals surface area contributed by atoms with Crippen molar-refractivity contribution in [2.75, 3.05) is 20.6 Å². The van der Waals surface area contributed by atoms with E-state index >= 15 is 0 Å². The maximum atomic E-state index is 12.7. The molecule has 5 heteroatoms. The van der Waals surface area contributed by atoms with Crippen LogP contribution in [-0.4, -0.2) is 35.9 Å². The Bertz CT molecular complexity index is 1310. The van der Waals surface area contributed by atoms with Gasteiger partial charge in [-0.05, 0) is 87.6 Å². The lowest BCUT2D eigenvalue weighted by atomic mass is 10.0. The molecule has 174 valence electrons. The Morgan fingerprint density at radius 2 is 1.56 bits per heavy atom. The quantitative estimate of drug-likeness (QED) is 0.213. The van der Waals surface area contributed by atoms with Gasteiger partial charge in [-0.3, -0.25) is 4.79 Å². The zero-order valence-corrected chi connectivity index (χ0v) is 22.0. The zero-order valence-electron chi connectivity index (χ0n) is 19.7. The molecular formula is C29H28BrClN2O. The molecule has 4 rings (SSSR count). The first-order chi connectivity index (χ1) is 16.3. The molecule has 0 aliphatic heterocycles. The van der Waals surface area contributed by atoms with Crippen molar-refractivity contribution in [3.63, 3.8) is 0 Å². The van der Waals surface area contributed by atoms with E-state index in [1.54, 1.807) is 0 Å². The number of hydrogen-bond donors (Lipinski definition) is 0. The number of aryl methyl sites for hydroxylation is 1. The number of nitrogens with zero attached hydrogens (tertiary/aromatic N) is 2. The summed E-state index contributed by atoms with van der Waals surface area (Å²) in [5, 5.41) is 0.495. The highest BCUT2D eigenvalue weighted by Gasteiger charge is 2.17. The van der Waals surface area contributed by atoms with E-state index in [0.717, 1.165) is 45.6 Å². The first-order valence-electron chi connectivity index (χ1n) is 11.4. The molecule has 3 aromatic carbocycles. The lowest BCUT2D eigenvalue weighted by Crippen LogP contribution is -2.14. The van der Waals surface area contributed by atoms with Gasteiger partial charge in [0.15, 0.2) is 5.78 Å². The average Bonchev–Trinajstić information content (AvgIpc) is 3.24. The summed E-state index contributed by atoms with van der Waals surface area (Å²) in [4.78, 5) is 14.8. The van der Waals surface area contributed by atoms with Crippen molar-refractivity contribution in [2.24, 2.45) is 0 Å². The van der Waals surface area contributed by atoms with Gasteiger partial charge >= 0.3 is 0 Å². The van der Waals surface area contributed by atoms with E-state index < -0.39 is 0 Å². The smallest absolute Gasteiger partial charge is 0.164 e. The standard InChI is InChI=1S/C29H28BrClN2O/c1-20-7-4-5-8-26(20)33-27(21-10-13-23(30)14-11-21)16-17-28(33)22-12-15-24(25(31)19-22)29(34)9-6-18-32(2)3/h4-5,7-8,10-17,19H,6,9,18H2,1-3H3. The van der Waals surface area contributed by atoms with Crippen molar-refractivity contribution >= 4 is 33.3 Å². The number of hydrogen-bond acceptors (Lipinski definition) is 2. The minimum absolute atomic E-state index is 0.0863. The van der Waals surface area contributed by atoms with Crippen molar-refractivity contribution in [1.82, 2.24) is 9.47 Å². The summed E-state index contributed by atoms with van der Waals surface area (Å²) in [6.45, 7) is 3.00. The van der Waals surface area contributed by atoms with E-state index in [0.29, 0.717) is 17.0 Å². The number of para-hydroxylation sites is 1. The minimum atomic E-state index is 0.0863. The Hall–Kier alpha value is -2.66. The molecule has 0 radical (unpaired) electrons. The number of aromatic nitrogens is 1. The predicted octanol–water partition coefficient (Wildman–Crippen LogP) is 8.06. The maximum absolute atomic E-state index is 12.7. The molecule has 0 atom stereocenters. The summed E-state index contributed by atoms with van der Waals surface area (Å²) in [6.07, 6.45) is 1.31. The highest BCUT2D eigenvalue weighted by Crippen LogP contribution is 2.35. The molecule has 0 spiro atoms. The van der Waals surface area contributed by atoms with Crippen LogP contribution >= 0.6 is 27.5 Å². The third kappa shape index (κ3) is 5.35. The lowest BCUT2D eigenvalue weighted by Gasteiger charge is -2.17. The monoisotopic (exact) mass is 534 g/mol. The summed E-state index contributed by atoms with van der Waals surface area (Å²) >= 11 is 10.2. The number of halogens is 2. The molecule has 0 N–H and O–H groups in total. The molecule has 1 heterocycles. The lowest BCUT2D eigenvalue weighted by molar-refractivity contribution is 0.0977. The van der Waals surface area contributed by atoms with E-state index in [2.05, 4.69) is 93.0 Å². The van der Waals surface area contributed by atoms with Crippen molar-refractivity contribution in [2.45, 2.75) is 19.8 Å². The second kappa shape index (κ2) is 10.7. The molecular weight excluding hydrogens is 508 g/mol. The van der Waals surface area contributed by atoms with Crippen LogP contribution in [0.5, 0.6) is 0 Å². The third-order valence-corrected chi connectivity index (χ3v) is 6.79. The van der Waals surface area contributed by atoms with Crippen LogP contribution in [0.15, 0.2) is 83.3 Å². The van der Waals surface area contributed by atoms with Gasteiger partial charge in [0.1, 0.15) is 0 Å². The SMILES string of the molecule is Cc1ccccc1-n1c(-c2ccc(Br)cc2)ccc1-c1ccc(C(=O)CCCN(C)C)c(Cl)c1. The number of ketones is 1. The number of benzene rings is 3. The Kier molecular flexibility index (Phi) is 7.72. The Labute approximate surface area is 215 Å². The molecule has 0 aliphatic carbocycles. The fourth-order valence-electron chi connectivity index (χ4n) is 4.17. The zero-order chi connectivity index (χ0) is 24.2. The molecule has 0 amide bonds. The molecule has 1 aromatic heterocycles. The van der Waals surface area contributed by atoms with Gasteiger partial charge in [-0.2, -0.15) is 0 Å². The first kappa shape index (κ1) is 24.5. The van der Waals surface area contributed by atoms with Crippen LogP contribution in [0.25, 0.3) is 28.2 Å². The Morgan fingerprint density at radius 3 is 2.21 bits per heavy atom. The van der Waals surface area contributed by atoms with Crippen LogP contribution in [0.3, 0.4) is 0 Å². The van der Waals surface area contributed by atoms with Crippen LogP contribution in [0.2, 0.25) is 5.02 Å². The van der Waals surface area contributed by atoms with Gasteiger partial charge in [0.25, 0.3) is 0 Å². The van der Waals surface area contributed by atoms with Crippen molar-refractivity contribution in [1.29, 1.82) is 0 Å². The Morgan fingerprint density at radius 1 is 0.912 bits per heavy atom. The summed E-state index contributed by atoms with van der Waals surface area (Å²) in [5.74, 6) is 0.0863. The second-order valence-electron chi connectivity index (χ2n) is 8.76. The fourth-order valence-corrected chi connectivity index (χ4v) is 4.72. The van der Waals surface area contributed by atoms with Crippen molar-refractivity contribution in [3.8, 4) is 28.2 Å². The van der Waals surface area contributed by atoms with Gasteiger partial charge in [0.05, 0.1) is 16.4 Å². The van der Waals surface area contributed by atoms with Crippen LogP contribution < -0.4 is 0 Å². The predicted molar refractivity (Wildman–Crippen MR) is 146 cm³/mol. The number of rotatable bonds is 8. The van der Waals surface area contributed by atoms with Gasteiger partial charge < -0.3 is 9.47 Å². The maximum Gasteiger partial charge on any atom is 0.164 e. The topological polar surface area (TPSA) is 25.2 Å². The van der Waals surface area contributed by atoms with Crippen molar-refractivity contribution in [3.05, 3.63) is 99.5 Å². The average molecular weight is 536 g/mol. The third-order valence-electron chi connectivity index (χ3n) is 5.95. The van der Waals surface area contributed by atoms with Gasteiger partial charge in [-0.25, -0.2) is 0 Å². The fraction of sp³-hybridized carbons (Fsp3) is 0.207.